The Morgan fingerprint density at radius 1 is 0.967 bits per heavy atom. The molecule has 1 aromatic heterocycles. The Bertz CT molecular complexity index is 1210. The van der Waals surface area contributed by atoms with Crippen molar-refractivity contribution in [3.63, 3.8) is 0 Å². The number of anilines is 1. The van der Waals surface area contributed by atoms with Crippen LogP contribution in [-0.4, -0.2) is 18.3 Å². The number of furan rings is 1. The van der Waals surface area contributed by atoms with Crippen LogP contribution in [0.15, 0.2) is 77.2 Å². The van der Waals surface area contributed by atoms with Gasteiger partial charge in [0, 0.05) is 16.0 Å². The molecule has 0 unspecified atom stereocenters. The van der Waals surface area contributed by atoms with Gasteiger partial charge in [0.15, 0.2) is 12.4 Å². The van der Waals surface area contributed by atoms with E-state index in [0.717, 1.165) is 5.56 Å². The zero-order valence-corrected chi connectivity index (χ0v) is 16.9. The number of hydrogen-bond acceptors (Lipinski definition) is 4. The van der Waals surface area contributed by atoms with E-state index in [1.54, 1.807) is 54.6 Å². The van der Waals surface area contributed by atoms with E-state index in [2.05, 4.69) is 5.32 Å². The molecule has 0 spiro atoms. The minimum absolute atomic E-state index is 0.0576. The number of nitrogens with one attached hydrogen (secondary N) is 1. The van der Waals surface area contributed by atoms with Crippen molar-refractivity contribution in [3.05, 3.63) is 94.7 Å². The van der Waals surface area contributed by atoms with E-state index in [9.17, 15) is 9.59 Å². The van der Waals surface area contributed by atoms with Crippen LogP contribution in [0.1, 0.15) is 21.7 Å². The van der Waals surface area contributed by atoms with Crippen LogP contribution in [0.25, 0.3) is 11.0 Å². The quantitative estimate of drug-likeness (QED) is 0.410. The molecule has 0 aliphatic heterocycles. The summed E-state index contributed by atoms with van der Waals surface area (Å²) >= 11 is 5.91. The number of rotatable bonds is 6. The average Bonchev–Trinajstić information content (AvgIpc) is 3.12. The molecular formula is C24H18ClNO4. The van der Waals surface area contributed by atoms with Gasteiger partial charge in [-0.3, -0.25) is 9.59 Å². The highest BCUT2D eigenvalue weighted by Crippen LogP contribution is 2.32. The molecule has 6 heteroatoms. The van der Waals surface area contributed by atoms with Crippen molar-refractivity contribution < 1.29 is 18.7 Å². The lowest BCUT2D eigenvalue weighted by Crippen LogP contribution is -2.21. The van der Waals surface area contributed by atoms with Gasteiger partial charge in [-0.1, -0.05) is 41.4 Å². The van der Waals surface area contributed by atoms with Crippen molar-refractivity contribution in [2.75, 3.05) is 11.9 Å². The van der Waals surface area contributed by atoms with Gasteiger partial charge in [-0.15, -0.1) is 0 Å². The summed E-state index contributed by atoms with van der Waals surface area (Å²) < 4.78 is 11.3. The van der Waals surface area contributed by atoms with Crippen molar-refractivity contribution in [1.82, 2.24) is 0 Å². The molecule has 0 fully saturated rings. The van der Waals surface area contributed by atoms with Crippen molar-refractivity contribution in [2.24, 2.45) is 0 Å². The molecule has 0 radical (unpaired) electrons. The van der Waals surface area contributed by atoms with E-state index in [0.29, 0.717) is 33.0 Å². The van der Waals surface area contributed by atoms with Gasteiger partial charge in [0.25, 0.3) is 5.91 Å². The third-order valence-corrected chi connectivity index (χ3v) is 4.82. The van der Waals surface area contributed by atoms with Gasteiger partial charge < -0.3 is 14.5 Å². The molecule has 0 aliphatic rings. The van der Waals surface area contributed by atoms with Crippen LogP contribution in [0.5, 0.6) is 5.75 Å². The predicted molar refractivity (Wildman–Crippen MR) is 116 cm³/mol. The standard InChI is InChI=1S/C24H18ClNO4/c1-15-6-12-18(13-7-15)29-14-21(27)26-22-19-4-2-3-5-20(19)30-24(22)23(28)16-8-10-17(25)11-9-16/h2-13H,14H2,1H3,(H,26,27). The van der Waals surface area contributed by atoms with Gasteiger partial charge in [0.05, 0.1) is 5.69 Å². The predicted octanol–water partition coefficient (Wildman–Crippen LogP) is 5.64. The normalized spacial score (nSPS) is 10.7. The zero-order valence-electron chi connectivity index (χ0n) is 16.1. The minimum atomic E-state index is -0.396. The first-order chi connectivity index (χ1) is 14.5. The molecule has 3 aromatic carbocycles. The Balaban J connectivity index is 1.59. The maximum absolute atomic E-state index is 13.0. The average molecular weight is 420 g/mol. The van der Waals surface area contributed by atoms with Gasteiger partial charge in [-0.25, -0.2) is 0 Å². The fourth-order valence-corrected chi connectivity index (χ4v) is 3.15. The molecule has 0 saturated heterocycles. The van der Waals surface area contributed by atoms with E-state index < -0.39 is 5.91 Å². The van der Waals surface area contributed by atoms with Crippen molar-refractivity contribution in [3.8, 4) is 5.75 Å². The summed E-state index contributed by atoms with van der Waals surface area (Å²) in [5, 5.41) is 3.94. The van der Waals surface area contributed by atoms with Crippen LogP contribution in [0.4, 0.5) is 5.69 Å². The Morgan fingerprint density at radius 3 is 2.40 bits per heavy atom. The topological polar surface area (TPSA) is 68.5 Å². The van der Waals surface area contributed by atoms with Crippen molar-refractivity contribution in [2.45, 2.75) is 6.92 Å². The number of ketones is 1. The molecule has 30 heavy (non-hydrogen) atoms. The zero-order chi connectivity index (χ0) is 21.1. The Hall–Kier alpha value is -3.57. The van der Waals surface area contributed by atoms with Crippen molar-refractivity contribution in [1.29, 1.82) is 0 Å². The summed E-state index contributed by atoms with van der Waals surface area (Å²) in [6.45, 7) is 1.77. The third-order valence-electron chi connectivity index (χ3n) is 4.56. The molecule has 0 atom stereocenters. The lowest BCUT2D eigenvalue weighted by Gasteiger charge is -2.08. The summed E-state index contributed by atoms with van der Waals surface area (Å²) in [5.74, 6) is -0.0997. The van der Waals surface area contributed by atoms with Gasteiger partial charge in [0.2, 0.25) is 5.78 Å². The van der Waals surface area contributed by atoms with Gasteiger partial charge in [-0.05, 0) is 55.5 Å². The number of fused-ring (bicyclic) bond motifs is 1. The third kappa shape index (κ3) is 4.21. The highest BCUT2D eigenvalue weighted by atomic mass is 35.5. The lowest BCUT2D eigenvalue weighted by molar-refractivity contribution is -0.118. The SMILES string of the molecule is Cc1ccc(OCC(=O)Nc2c(C(=O)c3ccc(Cl)cc3)oc3ccccc23)cc1. The monoisotopic (exact) mass is 419 g/mol. The summed E-state index contributed by atoms with van der Waals surface area (Å²) in [6, 6.07) is 21.0. The highest BCUT2D eigenvalue weighted by molar-refractivity contribution is 6.30. The van der Waals surface area contributed by atoms with E-state index in [4.69, 9.17) is 20.8 Å². The van der Waals surface area contributed by atoms with E-state index >= 15 is 0 Å². The smallest absolute Gasteiger partial charge is 0.262 e. The van der Waals surface area contributed by atoms with E-state index in [1.165, 1.54) is 0 Å². The number of aryl methyl sites for hydroxylation is 1. The second-order valence-corrected chi connectivity index (χ2v) is 7.22. The van der Waals surface area contributed by atoms with E-state index in [-0.39, 0.29) is 18.2 Å². The maximum atomic E-state index is 13.0. The molecule has 0 bridgehead atoms. The first kappa shape index (κ1) is 19.7. The second-order valence-electron chi connectivity index (χ2n) is 6.79. The van der Waals surface area contributed by atoms with Crippen LogP contribution < -0.4 is 10.1 Å². The Kier molecular flexibility index (Phi) is 5.55. The number of ether oxygens (including phenoxy) is 1. The molecule has 0 aliphatic carbocycles. The number of para-hydroxylation sites is 1. The Morgan fingerprint density at radius 2 is 1.67 bits per heavy atom. The van der Waals surface area contributed by atoms with Crippen LogP contribution in [0.2, 0.25) is 5.02 Å². The number of carbonyl (C=O) groups excluding carboxylic acids is 2. The second kappa shape index (κ2) is 8.43. The summed E-state index contributed by atoms with van der Waals surface area (Å²) in [7, 11) is 0. The van der Waals surface area contributed by atoms with E-state index in [1.807, 2.05) is 25.1 Å². The highest BCUT2D eigenvalue weighted by Gasteiger charge is 2.23. The summed E-state index contributed by atoms with van der Waals surface area (Å²) in [5.41, 5.74) is 2.33. The van der Waals surface area contributed by atoms with Crippen molar-refractivity contribution >= 4 is 39.9 Å². The number of carbonyl (C=O) groups is 2. The molecule has 0 saturated carbocycles. The molecule has 4 aromatic rings. The number of hydrogen-bond donors (Lipinski definition) is 1. The summed E-state index contributed by atoms with van der Waals surface area (Å²) in [4.78, 5) is 25.6. The molecular weight excluding hydrogens is 402 g/mol. The number of benzene rings is 3. The number of amides is 1. The molecule has 1 heterocycles. The molecule has 5 nitrogen and oxygen atoms in total. The van der Waals surface area contributed by atoms with Gasteiger partial charge >= 0.3 is 0 Å². The summed E-state index contributed by atoms with van der Waals surface area (Å²) in [6.07, 6.45) is 0. The van der Waals surface area contributed by atoms with Crippen LogP contribution in [0.3, 0.4) is 0 Å². The number of halogens is 1. The fraction of sp³-hybridized carbons (Fsp3) is 0.0833. The molecule has 4 rings (SSSR count). The first-order valence-electron chi connectivity index (χ1n) is 9.32. The molecule has 1 amide bonds. The fourth-order valence-electron chi connectivity index (χ4n) is 3.02. The van der Waals surface area contributed by atoms with Gasteiger partial charge in [0.1, 0.15) is 11.3 Å². The van der Waals surface area contributed by atoms with Crippen LogP contribution >= 0.6 is 11.6 Å². The maximum Gasteiger partial charge on any atom is 0.262 e. The lowest BCUT2D eigenvalue weighted by atomic mass is 10.1. The van der Waals surface area contributed by atoms with Gasteiger partial charge in [-0.2, -0.15) is 0 Å². The Labute approximate surface area is 178 Å². The molecule has 150 valence electrons. The largest absolute Gasteiger partial charge is 0.484 e. The minimum Gasteiger partial charge on any atom is -0.484 e. The van der Waals surface area contributed by atoms with Crippen LogP contribution in [0, 0.1) is 6.92 Å². The molecule has 1 N–H and O–H groups in total. The van der Waals surface area contributed by atoms with Crippen LogP contribution in [-0.2, 0) is 4.79 Å². The first-order valence-corrected chi connectivity index (χ1v) is 9.70.